The number of aliphatic carboxylic acids is 2. The maximum atomic E-state index is 12.3. The van der Waals surface area contributed by atoms with Gasteiger partial charge in [-0.2, -0.15) is 12.6 Å². The molecule has 0 saturated carbocycles. The van der Waals surface area contributed by atoms with E-state index in [9.17, 15) is 33.9 Å². The van der Waals surface area contributed by atoms with E-state index in [2.05, 4.69) is 23.3 Å². The summed E-state index contributed by atoms with van der Waals surface area (Å²) in [5.41, 5.74) is 10.4. The predicted molar refractivity (Wildman–Crippen MR) is 103 cm³/mol. The minimum atomic E-state index is -1.60. The van der Waals surface area contributed by atoms with E-state index in [0.29, 0.717) is 0 Å². The van der Waals surface area contributed by atoms with Gasteiger partial charge in [-0.1, -0.05) is 0 Å². The molecule has 4 unspecified atom stereocenters. The molecule has 14 nitrogen and oxygen atoms in total. The minimum Gasteiger partial charge on any atom is -0.481 e. The normalized spacial score (nSPS) is 14.5. The summed E-state index contributed by atoms with van der Waals surface area (Å²) in [7, 11) is 0. The SMILES string of the molecule is NC(=O)CCC(NC(=O)C(CO)NC(=O)C(N)CC(=O)O)C(=O)NC(CS)C(=O)O. The van der Waals surface area contributed by atoms with E-state index in [1.165, 1.54) is 0 Å². The van der Waals surface area contributed by atoms with Crippen molar-refractivity contribution in [3.63, 3.8) is 0 Å². The summed E-state index contributed by atoms with van der Waals surface area (Å²) in [5, 5.41) is 33.3. The number of carboxylic acids is 2. The summed E-state index contributed by atoms with van der Waals surface area (Å²) in [6.07, 6.45) is -1.36. The highest BCUT2D eigenvalue weighted by Gasteiger charge is 2.30. The molecule has 0 aliphatic rings. The molecule has 0 rings (SSSR count). The number of rotatable bonds is 14. The Morgan fingerprint density at radius 2 is 1.37 bits per heavy atom. The summed E-state index contributed by atoms with van der Waals surface area (Å²) in [5.74, 6) is -6.85. The molecule has 0 aliphatic carbocycles. The molecule has 170 valence electrons. The summed E-state index contributed by atoms with van der Waals surface area (Å²) < 4.78 is 0. The van der Waals surface area contributed by atoms with Gasteiger partial charge in [0.15, 0.2) is 0 Å². The topological polar surface area (TPSA) is 251 Å². The lowest BCUT2D eigenvalue weighted by Gasteiger charge is -2.23. The number of aliphatic hydroxyl groups is 1. The lowest BCUT2D eigenvalue weighted by molar-refractivity contribution is -0.141. The van der Waals surface area contributed by atoms with Crippen LogP contribution in [0.3, 0.4) is 0 Å². The number of amides is 4. The molecular weight excluding hydrogens is 426 g/mol. The molecule has 30 heavy (non-hydrogen) atoms. The van der Waals surface area contributed by atoms with Crippen molar-refractivity contribution < 1.29 is 44.1 Å². The van der Waals surface area contributed by atoms with Crippen molar-refractivity contribution in [3.05, 3.63) is 0 Å². The van der Waals surface area contributed by atoms with Crippen molar-refractivity contribution in [2.75, 3.05) is 12.4 Å². The maximum absolute atomic E-state index is 12.3. The van der Waals surface area contributed by atoms with Gasteiger partial charge in [-0.05, 0) is 6.42 Å². The van der Waals surface area contributed by atoms with E-state index < -0.39 is 72.8 Å². The third-order valence-electron chi connectivity index (χ3n) is 3.66. The number of thiol groups is 1. The highest BCUT2D eigenvalue weighted by atomic mass is 32.1. The molecule has 10 N–H and O–H groups in total. The van der Waals surface area contributed by atoms with Crippen LogP contribution in [0.2, 0.25) is 0 Å². The fourth-order valence-corrected chi connectivity index (χ4v) is 2.29. The number of hydrogen-bond donors (Lipinski definition) is 9. The van der Waals surface area contributed by atoms with Gasteiger partial charge < -0.3 is 42.7 Å². The third kappa shape index (κ3) is 10.0. The van der Waals surface area contributed by atoms with Crippen molar-refractivity contribution in [1.82, 2.24) is 16.0 Å². The molecule has 4 amide bonds. The van der Waals surface area contributed by atoms with Crippen LogP contribution in [0.15, 0.2) is 0 Å². The maximum Gasteiger partial charge on any atom is 0.327 e. The first-order valence-electron chi connectivity index (χ1n) is 8.54. The van der Waals surface area contributed by atoms with Gasteiger partial charge >= 0.3 is 11.9 Å². The van der Waals surface area contributed by atoms with Crippen LogP contribution in [0.5, 0.6) is 0 Å². The predicted octanol–water partition coefficient (Wildman–Crippen LogP) is -4.48. The molecule has 0 aromatic rings. The third-order valence-corrected chi connectivity index (χ3v) is 4.02. The Morgan fingerprint density at radius 1 is 0.867 bits per heavy atom. The number of aliphatic hydroxyl groups excluding tert-OH is 1. The molecule has 0 saturated heterocycles. The van der Waals surface area contributed by atoms with Crippen LogP contribution in [0.1, 0.15) is 19.3 Å². The summed E-state index contributed by atoms with van der Waals surface area (Å²) >= 11 is 3.79. The Morgan fingerprint density at radius 3 is 1.80 bits per heavy atom. The molecular formula is C15H25N5O9S. The highest BCUT2D eigenvalue weighted by molar-refractivity contribution is 7.80. The van der Waals surface area contributed by atoms with Crippen molar-refractivity contribution in [1.29, 1.82) is 0 Å². The van der Waals surface area contributed by atoms with E-state index in [0.717, 1.165) is 0 Å². The second-order valence-electron chi connectivity index (χ2n) is 6.10. The first-order chi connectivity index (χ1) is 13.9. The zero-order valence-corrected chi connectivity index (χ0v) is 16.6. The largest absolute Gasteiger partial charge is 0.481 e. The average Bonchev–Trinajstić information content (AvgIpc) is 2.65. The van der Waals surface area contributed by atoms with Crippen LogP contribution in [0, 0.1) is 0 Å². The lowest BCUT2D eigenvalue weighted by atomic mass is 10.1. The van der Waals surface area contributed by atoms with Gasteiger partial charge in [0.2, 0.25) is 23.6 Å². The van der Waals surface area contributed by atoms with Crippen LogP contribution in [-0.2, 0) is 28.8 Å². The second-order valence-corrected chi connectivity index (χ2v) is 6.46. The van der Waals surface area contributed by atoms with E-state index in [1.807, 2.05) is 5.32 Å². The Bertz CT molecular complexity index is 675. The zero-order valence-electron chi connectivity index (χ0n) is 15.7. The van der Waals surface area contributed by atoms with Crippen LogP contribution < -0.4 is 27.4 Å². The Kier molecular flexibility index (Phi) is 12.0. The van der Waals surface area contributed by atoms with Crippen LogP contribution in [0.4, 0.5) is 0 Å². The van der Waals surface area contributed by atoms with Gasteiger partial charge in [-0.25, -0.2) is 4.79 Å². The Balaban J connectivity index is 5.23. The highest BCUT2D eigenvalue weighted by Crippen LogP contribution is 2.01. The fourth-order valence-electron chi connectivity index (χ4n) is 2.04. The second kappa shape index (κ2) is 13.3. The van der Waals surface area contributed by atoms with E-state index >= 15 is 0 Å². The van der Waals surface area contributed by atoms with Crippen LogP contribution >= 0.6 is 12.6 Å². The molecule has 0 radical (unpaired) electrons. The summed E-state index contributed by atoms with van der Waals surface area (Å²) in [4.78, 5) is 69.1. The Labute approximate surface area is 176 Å². The molecule has 0 bridgehead atoms. The number of carbonyl (C=O) groups excluding carboxylic acids is 4. The van der Waals surface area contributed by atoms with Crippen LogP contribution in [-0.4, -0.2) is 87.4 Å². The number of carboxylic acid groups (broad SMARTS) is 2. The molecule has 0 aromatic carbocycles. The van der Waals surface area contributed by atoms with Crippen molar-refractivity contribution >= 4 is 48.2 Å². The van der Waals surface area contributed by atoms with E-state index in [-0.39, 0.29) is 18.6 Å². The summed E-state index contributed by atoms with van der Waals surface area (Å²) in [6.45, 7) is -0.921. The first kappa shape index (κ1) is 27.1. The number of hydrogen-bond acceptors (Lipinski definition) is 9. The van der Waals surface area contributed by atoms with E-state index in [1.54, 1.807) is 0 Å². The minimum absolute atomic E-state index is 0.256. The number of carbonyl (C=O) groups is 6. The molecule has 4 atom stereocenters. The van der Waals surface area contributed by atoms with Gasteiger partial charge in [-0.3, -0.25) is 24.0 Å². The first-order valence-corrected chi connectivity index (χ1v) is 9.17. The fraction of sp³-hybridized carbons (Fsp3) is 0.600. The summed E-state index contributed by atoms with van der Waals surface area (Å²) in [6, 6.07) is -5.90. The standard InChI is InChI=1S/C15H25N5O9S/c16-6(3-11(23)24)12(25)19-8(4-21)14(27)18-7(1-2-10(17)22)13(26)20-9(5-30)15(28)29/h6-9,21,30H,1-5,16H2,(H2,17,22)(H,18,27)(H,19,25)(H,20,26)(H,23,24)(H,28,29). The molecule has 0 heterocycles. The van der Waals surface area contributed by atoms with Gasteiger partial charge in [0, 0.05) is 12.2 Å². The van der Waals surface area contributed by atoms with Crippen molar-refractivity contribution in [2.24, 2.45) is 11.5 Å². The molecule has 0 aliphatic heterocycles. The average molecular weight is 451 g/mol. The van der Waals surface area contributed by atoms with Gasteiger partial charge in [-0.15, -0.1) is 0 Å². The lowest BCUT2D eigenvalue weighted by Crippen LogP contribution is -2.58. The van der Waals surface area contributed by atoms with Crippen LogP contribution in [0.25, 0.3) is 0 Å². The number of nitrogens with two attached hydrogens (primary N) is 2. The molecule has 0 fully saturated rings. The van der Waals surface area contributed by atoms with E-state index in [4.69, 9.17) is 21.7 Å². The monoisotopic (exact) mass is 451 g/mol. The molecule has 15 heteroatoms. The Hall–Kier alpha value is -2.91. The number of nitrogens with one attached hydrogen (secondary N) is 3. The van der Waals surface area contributed by atoms with Gasteiger partial charge in [0.1, 0.15) is 18.1 Å². The molecule has 0 spiro atoms. The number of primary amides is 1. The quantitative estimate of drug-likeness (QED) is 0.114. The zero-order chi connectivity index (χ0) is 23.4. The van der Waals surface area contributed by atoms with Crippen molar-refractivity contribution in [2.45, 2.75) is 43.4 Å². The van der Waals surface area contributed by atoms with Crippen molar-refractivity contribution in [3.8, 4) is 0 Å². The van der Waals surface area contributed by atoms with Gasteiger partial charge in [0.25, 0.3) is 0 Å². The molecule has 0 aromatic heterocycles. The smallest absolute Gasteiger partial charge is 0.327 e. The van der Waals surface area contributed by atoms with Gasteiger partial charge in [0.05, 0.1) is 19.1 Å².